The predicted octanol–water partition coefficient (Wildman–Crippen LogP) is 2.52. The van der Waals surface area contributed by atoms with Crippen LogP contribution < -0.4 is 4.98 Å². The molecular weight excluding hydrogens is 164 g/mol. The number of nitrogens with one attached hydrogen (secondary N) is 1. The fourth-order valence-corrected chi connectivity index (χ4v) is 1.06. The minimum absolute atomic E-state index is 1.19. The van der Waals surface area contributed by atoms with Gasteiger partial charge in [-0.1, -0.05) is 12.1 Å². The Bertz CT molecular complexity index is 353. The Morgan fingerprint density at radius 1 is 1.00 bits per heavy atom. The summed E-state index contributed by atoms with van der Waals surface area (Å²) in [6.45, 7) is 0. The van der Waals surface area contributed by atoms with Crippen molar-refractivity contribution < 1.29 is 4.98 Å². The van der Waals surface area contributed by atoms with Crippen LogP contribution in [-0.4, -0.2) is 0 Å². The molecule has 0 saturated heterocycles. The summed E-state index contributed by atoms with van der Waals surface area (Å²) in [4.78, 5) is 4.65. The summed E-state index contributed by atoms with van der Waals surface area (Å²) >= 11 is 0. The van der Waals surface area contributed by atoms with Gasteiger partial charge in [0.05, 0.1) is 0 Å². The van der Waals surface area contributed by atoms with E-state index in [4.69, 9.17) is 11.1 Å². The quantitative estimate of drug-likeness (QED) is 0.332. The lowest BCUT2D eigenvalue weighted by atomic mass is 10.2. The Morgan fingerprint density at radius 2 is 1.62 bits per heavy atom. The molecule has 0 bridgehead atoms. The largest absolute Gasteiger partial charge is 0.373 e. The van der Waals surface area contributed by atoms with Gasteiger partial charge < -0.3 is 11.1 Å². The van der Waals surface area contributed by atoms with E-state index in [1.807, 2.05) is 24.4 Å². The molecule has 0 aliphatic rings. The number of aromatic nitrogens is 1. The molecule has 0 spiro atoms. The molecule has 0 unspecified atom stereocenters. The number of benzene rings is 1. The maximum atomic E-state index is 6.75. The minimum Gasteiger partial charge on any atom is -0.373 e. The van der Waals surface area contributed by atoms with Gasteiger partial charge in [0, 0.05) is 17.5 Å². The van der Waals surface area contributed by atoms with Gasteiger partial charge in [-0.3, -0.25) is 4.91 Å². The lowest BCUT2D eigenvalue weighted by Crippen LogP contribution is -1.99. The lowest BCUT2D eigenvalue weighted by Gasteiger charge is -1.85. The maximum absolute atomic E-state index is 6.75. The topological polar surface area (TPSA) is 72.8 Å². The van der Waals surface area contributed by atoms with E-state index in [-0.39, 0.29) is 0 Å². The summed E-state index contributed by atoms with van der Waals surface area (Å²) in [6.07, 6.45) is 1.93. The first kappa shape index (κ1) is 9.03. The van der Waals surface area contributed by atoms with Crippen molar-refractivity contribution in [1.82, 2.24) is 0 Å². The highest BCUT2D eigenvalue weighted by molar-refractivity contribution is 5.74. The first-order valence-electron chi connectivity index (χ1n) is 3.72. The third-order valence-electron chi connectivity index (χ3n) is 1.57. The second-order valence-electron chi connectivity index (χ2n) is 2.35. The van der Waals surface area contributed by atoms with Crippen LogP contribution in [0.15, 0.2) is 42.6 Å². The molecule has 0 amide bonds. The number of aromatic amines is 1. The molecule has 0 atom stereocenters. The molecule has 0 aliphatic heterocycles. The summed E-state index contributed by atoms with van der Waals surface area (Å²) < 4.78 is 0. The summed E-state index contributed by atoms with van der Waals surface area (Å²) in [7, 11) is 0. The Hall–Kier alpha value is -2.06. The molecule has 0 aliphatic carbocycles. The standard InChI is InChI=1S/C9H7N.N3/c1-2-6-9-8(4-1)5-3-7-10-9;1-3-2/h1-7H;/q;-1/p+1. The monoisotopic (exact) mass is 172 g/mol. The molecule has 64 valence electrons. The van der Waals surface area contributed by atoms with Gasteiger partial charge in [-0.25, -0.2) is 4.98 Å². The van der Waals surface area contributed by atoms with Crippen molar-refractivity contribution in [3.63, 3.8) is 0 Å². The van der Waals surface area contributed by atoms with E-state index < -0.39 is 0 Å². The van der Waals surface area contributed by atoms with Crippen molar-refractivity contribution in [2.45, 2.75) is 0 Å². The molecule has 0 fully saturated rings. The number of nitrogens with zero attached hydrogens (tertiary/aromatic N) is 3. The fourth-order valence-electron chi connectivity index (χ4n) is 1.06. The van der Waals surface area contributed by atoms with Crippen molar-refractivity contribution in [2.75, 3.05) is 0 Å². The molecule has 4 heteroatoms. The number of para-hydroxylation sites is 1. The molecule has 1 aromatic carbocycles. The molecule has 1 aromatic heterocycles. The van der Waals surface area contributed by atoms with Gasteiger partial charge in [0.2, 0.25) is 5.52 Å². The molecule has 13 heavy (non-hydrogen) atoms. The Kier molecular flexibility index (Phi) is 3.30. The summed E-state index contributed by atoms with van der Waals surface area (Å²) in [6, 6.07) is 12.3. The molecule has 0 saturated carbocycles. The number of fused-ring (bicyclic) bond motifs is 1. The zero-order valence-corrected chi connectivity index (χ0v) is 6.88. The third kappa shape index (κ3) is 2.47. The van der Waals surface area contributed by atoms with Crippen molar-refractivity contribution in [3.05, 3.63) is 58.6 Å². The average Bonchev–Trinajstić information content (AvgIpc) is 2.19. The Labute approximate surface area is 75.3 Å². The molecule has 1 heterocycles. The second kappa shape index (κ2) is 4.74. The van der Waals surface area contributed by atoms with Crippen LogP contribution in [0.1, 0.15) is 0 Å². The van der Waals surface area contributed by atoms with Crippen molar-refractivity contribution in [1.29, 1.82) is 0 Å². The summed E-state index contributed by atoms with van der Waals surface area (Å²) in [5.74, 6) is 0. The number of hydrogen-bond acceptors (Lipinski definition) is 0. The molecular formula is C9H8N4. The van der Waals surface area contributed by atoms with Crippen LogP contribution in [0.4, 0.5) is 0 Å². The van der Waals surface area contributed by atoms with Gasteiger partial charge >= 0.3 is 0 Å². The predicted molar refractivity (Wildman–Crippen MR) is 50.6 cm³/mol. The van der Waals surface area contributed by atoms with E-state index in [2.05, 4.69) is 23.2 Å². The zero-order chi connectivity index (χ0) is 9.52. The molecule has 2 rings (SSSR count). The number of H-pyrrole nitrogens is 1. The third-order valence-corrected chi connectivity index (χ3v) is 1.57. The summed E-state index contributed by atoms with van der Waals surface area (Å²) in [5, 5.41) is 1.25. The molecule has 0 radical (unpaired) electrons. The van der Waals surface area contributed by atoms with Gasteiger partial charge in [-0.15, -0.1) is 0 Å². The minimum atomic E-state index is 1.19. The average molecular weight is 172 g/mol. The van der Waals surface area contributed by atoms with Crippen LogP contribution in [0, 0.1) is 0 Å². The van der Waals surface area contributed by atoms with Gasteiger partial charge in [0.15, 0.2) is 6.20 Å². The smallest absolute Gasteiger partial charge is 0.210 e. The van der Waals surface area contributed by atoms with Gasteiger partial charge in [0.1, 0.15) is 0 Å². The first-order chi connectivity index (χ1) is 6.38. The Morgan fingerprint density at radius 3 is 2.31 bits per heavy atom. The number of pyridine rings is 1. The zero-order valence-electron chi connectivity index (χ0n) is 6.88. The SMILES string of the molecule is [N-]=[N+]=[N-].c1ccc2[nH+]cccc2c1. The van der Waals surface area contributed by atoms with E-state index in [9.17, 15) is 0 Å². The molecule has 4 nitrogen and oxygen atoms in total. The first-order valence-corrected chi connectivity index (χ1v) is 3.72. The lowest BCUT2D eigenvalue weighted by molar-refractivity contribution is -0.344. The van der Waals surface area contributed by atoms with Crippen molar-refractivity contribution in [3.8, 4) is 0 Å². The van der Waals surface area contributed by atoms with Crippen LogP contribution in [0.5, 0.6) is 0 Å². The Balaban J connectivity index is 0.000000251. The highest BCUT2D eigenvalue weighted by atomic mass is 15.0. The second-order valence-corrected chi connectivity index (χ2v) is 2.35. The fraction of sp³-hybridized carbons (Fsp3) is 0. The van der Waals surface area contributed by atoms with Crippen LogP contribution in [-0.2, 0) is 0 Å². The van der Waals surface area contributed by atoms with Gasteiger partial charge in [-0.05, 0) is 12.1 Å². The van der Waals surface area contributed by atoms with E-state index >= 15 is 0 Å². The highest BCUT2D eigenvalue weighted by Crippen LogP contribution is 2.04. The van der Waals surface area contributed by atoms with Crippen LogP contribution >= 0.6 is 0 Å². The van der Waals surface area contributed by atoms with E-state index in [0.717, 1.165) is 0 Å². The van der Waals surface area contributed by atoms with E-state index in [0.29, 0.717) is 0 Å². The van der Waals surface area contributed by atoms with Gasteiger partial charge in [-0.2, -0.15) is 0 Å². The van der Waals surface area contributed by atoms with E-state index in [1.165, 1.54) is 15.8 Å². The van der Waals surface area contributed by atoms with Gasteiger partial charge in [0.25, 0.3) is 0 Å². The molecule has 2 aromatic rings. The van der Waals surface area contributed by atoms with Crippen molar-refractivity contribution in [2.24, 2.45) is 0 Å². The van der Waals surface area contributed by atoms with Crippen LogP contribution in [0.3, 0.4) is 0 Å². The normalized spacial score (nSPS) is 8.31. The number of hydrogen-bond donors (Lipinski definition) is 0. The van der Waals surface area contributed by atoms with Crippen LogP contribution in [0.25, 0.3) is 26.9 Å². The summed E-state index contributed by atoms with van der Waals surface area (Å²) in [5.41, 5.74) is 14.7. The maximum Gasteiger partial charge on any atom is 0.210 e. The van der Waals surface area contributed by atoms with Crippen molar-refractivity contribution >= 4 is 10.9 Å². The van der Waals surface area contributed by atoms with Crippen LogP contribution in [0.2, 0.25) is 0 Å². The highest BCUT2D eigenvalue weighted by Gasteiger charge is 1.92. The number of rotatable bonds is 0. The molecule has 1 N–H and O–H groups in total. The van der Waals surface area contributed by atoms with E-state index in [1.54, 1.807) is 0 Å².